The van der Waals surface area contributed by atoms with Crippen LogP contribution < -0.4 is 0 Å². The lowest BCUT2D eigenvalue weighted by Crippen LogP contribution is -2.74. The van der Waals surface area contributed by atoms with E-state index < -0.39 is 53.9 Å². The van der Waals surface area contributed by atoms with Gasteiger partial charge in [-0.25, -0.2) is 4.79 Å². The van der Waals surface area contributed by atoms with Crippen molar-refractivity contribution >= 4 is 11.9 Å². The first-order valence-corrected chi connectivity index (χ1v) is 9.47. The normalized spacial score (nSPS) is 36.6. The Kier molecular flexibility index (Phi) is 6.06. The molecular formula is C19H29NO9. The number of β-lactam (4-membered cyclic amide) rings is 1. The van der Waals surface area contributed by atoms with Crippen molar-refractivity contribution in [2.24, 2.45) is 0 Å². The zero-order valence-electron chi connectivity index (χ0n) is 17.2. The molecular weight excluding hydrogens is 386 g/mol. The predicted molar refractivity (Wildman–Crippen MR) is 97.6 cm³/mol. The lowest BCUT2D eigenvalue weighted by molar-refractivity contribution is -0.193. The molecule has 3 heterocycles. The third-order valence-corrected chi connectivity index (χ3v) is 5.63. The molecule has 0 aromatic rings. The summed E-state index contributed by atoms with van der Waals surface area (Å²) >= 11 is 0. The van der Waals surface area contributed by atoms with Crippen LogP contribution in [0.3, 0.4) is 0 Å². The molecule has 164 valence electrons. The van der Waals surface area contributed by atoms with E-state index in [1.807, 2.05) is 6.92 Å². The van der Waals surface area contributed by atoms with Crippen LogP contribution in [0.5, 0.6) is 0 Å². The molecule has 3 saturated heterocycles. The topological polar surface area (TPSA) is 127 Å². The van der Waals surface area contributed by atoms with E-state index in [0.29, 0.717) is 6.61 Å². The Morgan fingerprint density at radius 2 is 1.93 bits per heavy atom. The maximum absolute atomic E-state index is 12.7. The number of methoxy groups -OCH3 is 2. The summed E-state index contributed by atoms with van der Waals surface area (Å²) in [5.74, 6) is -1.92. The summed E-state index contributed by atoms with van der Waals surface area (Å²) in [7, 11) is 2.64. The van der Waals surface area contributed by atoms with Crippen molar-refractivity contribution in [3.63, 3.8) is 0 Å². The van der Waals surface area contributed by atoms with Crippen molar-refractivity contribution in [2.75, 3.05) is 27.4 Å². The number of likely N-dealkylation sites (tertiary alicyclic amines) is 1. The highest BCUT2D eigenvalue weighted by Crippen LogP contribution is 2.43. The third-order valence-electron chi connectivity index (χ3n) is 5.63. The van der Waals surface area contributed by atoms with Crippen LogP contribution in [-0.2, 0) is 33.3 Å². The van der Waals surface area contributed by atoms with Crippen LogP contribution in [0.25, 0.3) is 0 Å². The Bertz CT molecular complexity index is 675. The van der Waals surface area contributed by atoms with Gasteiger partial charge in [-0.05, 0) is 20.8 Å². The summed E-state index contributed by atoms with van der Waals surface area (Å²) in [4.78, 5) is 25.7. The number of nitrogens with zero attached hydrogens (tertiary/aromatic N) is 1. The molecule has 3 aliphatic heterocycles. The number of carbonyl (C=O) groups excluding carboxylic acids is 2. The average Bonchev–Trinajstić information content (AvgIpc) is 3.31. The van der Waals surface area contributed by atoms with Crippen molar-refractivity contribution in [3.05, 3.63) is 12.2 Å². The molecule has 29 heavy (non-hydrogen) atoms. The van der Waals surface area contributed by atoms with Crippen LogP contribution in [0.2, 0.25) is 0 Å². The van der Waals surface area contributed by atoms with Gasteiger partial charge in [0.25, 0.3) is 5.91 Å². The number of epoxide rings is 1. The number of carbonyl (C=O) groups is 2. The Morgan fingerprint density at radius 1 is 1.28 bits per heavy atom. The molecule has 10 nitrogen and oxygen atoms in total. The molecule has 7 atom stereocenters. The second-order valence-corrected chi connectivity index (χ2v) is 8.17. The summed E-state index contributed by atoms with van der Waals surface area (Å²) in [5, 5.41) is 21.7. The molecule has 3 fully saturated rings. The minimum atomic E-state index is -1.45. The average molecular weight is 415 g/mol. The molecule has 10 heteroatoms. The van der Waals surface area contributed by atoms with Gasteiger partial charge in [-0.1, -0.05) is 6.08 Å². The van der Waals surface area contributed by atoms with Gasteiger partial charge >= 0.3 is 5.97 Å². The number of aliphatic hydroxyl groups excluding tert-OH is 2. The standard InChI is InChI=1S/C19H29NO9/c1-18(2)27-8-11(29-18)14(23)13(22)10(6-7-12(21)25-4)20-16(19(3)9-28-19)15(26-5)17(20)24/h6-7,10-11,13-16,22-23H,8-9H2,1-5H3/b7-6+/t10-,11+,13+,14-,15-,16-,19-/m0/s1. The van der Waals surface area contributed by atoms with E-state index in [0.717, 1.165) is 6.08 Å². The third kappa shape index (κ3) is 4.18. The van der Waals surface area contributed by atoms with Crippen LogP contribution in [0, 0.1) is 0 Å². The number of ether oxygens (including phenoxy) is 5. The van der Waals surface area contributed by atoms with Crippen molar-refractivity contribution in [1.29, 1.82) is 0 Å². The maximum atomic E-state index is 12.7. The smallest absolute Gasteiger partial charge is 0.330 e. The Hall–Kier alpha value is -1.56. The molecule has 0 unspecified atom stereocenters. The van der Waals surface area contributed by atoms with E-state index in [1.54, 1.807) is 13.8 Å². The zero-order valence-corrected chi connectivity index (χ0v) is 17.2. The number of esters is 1. The molecule has 0 aromatic carbocycles. The highest BCUT2D eigenvalue weighted by Gasteiger charge is 2.65. The van der Waals surface area contributed by atoms with Crippen LogP contribution in [0.1, 0.15) is 20.8 Å². The number of hydrogen-bond donors (Lipinski definition) is 2. The molecule has 0 bridgehead atoms. The summed E-state index contributed by atoms with van der Waals surface area (Å²) < 4.78 is 26.5. The van der Waals surface area contributed by atoms with Crippen LogP contribution in [0.4, 0.5) is 0 Å². The zero-order chi connectivity index (χ0) is 21.6. The van der Waals surface area contributed by atoms with Crippen molar-refractivity contribution in [3.8, 4) is 0 Å². The first kappa shape index (κ1) is 22.1. The maximum Gasteiger partial charge on any atom is 0.330 e. The van der Waals surface area contributed by atoms with Crippen molar-refractivity contribution in [2.45, 2.75) is 68.7 Å². The molecule has 0 aliphatic carbocycles. The quantitative estimate of drug-likeness (QED) is 0.221. The molecule has 0 saturated carbocycles. The van der Waals surface area contributed by atoms with Gasteiger partial charge < -0.3 is 38.8 Å². The SMILES string of the molecule is COC(=O)/C=C/[C@@H]([C@@H](O)[C@@H](O)[C@H]1COC(C)(C)O1)N1C(=O)[C@@H](OC)[C@H]1[C@]1(C)CO1. The summed E-state index contributed by atoms with van der Waals surface area (Å²) in [6.07, 6.45) is -1.90. The van der Waals surface area contributed by atoms with E-state index >= 15 is 0 Å². The second-order valence-electron chi connectivity index (χ2n) is 8.17. The first-order valence-electron chi connectivity index (χ1n) is 9.47. The molecule has 1 amide bonds. The van der Waals surface area contributed by atoms with Crippen LogP contribution in [-0.4, -0.2) is 102 Å². The number of aliphatic hydroxyl groups is 2. The van der Waals surface area contributed by atoms with Gasteiger partial charge in [0.1, 0.15) is 23.9 Å². The highest BCUT2D eigenvalue weighted by molar-refractivity contribution is 5.90. The van der Waals surface area contributed by atoms with E-state index in [4.69, 9.17) is 18.9 Å². The van der Waals surface area contributed by atoms with Gasteiger partial charge in [-0.3, -0.25) is 4.79 Å². The van der Waals surface area contributed by atoms with E-state index in [2.05, 4.69) is 4.74 Å². The first-order chi connectivity index (χ1) is 13.5. The monoisotopic (exact) mass is 415 g/mol. The highest BCUT2D eigenvalue weighted by atomic mass is 16.7. The van der Waals surface area contributed by atoms with E-state index in [9.17, 15) is 19.8 Å². The fraction of sp³-hybridized carbons (Fsp3) is 0.789. The molecule has 2 N–H and O–H groups in total. The number of hydrogen-bond acceptors (Lipinski definition) is 9. The minimum absolute atomic E-state index is 0.0809. The van der Waals surface area contributed by atoms with E-state index in [-0.39, 0.29) is 12.5 Å². The summed E-state index contributed by atoms with van der Waals surface area (Å²) in [6.45, 7) is 5.75. The molecule has 0 radical (unpaired) electrons. The number of rotatable bonds is 8. The molecule has 3 rings (SSSR count). The van der Waals surface area contributed by atoms with Gasteiger partial charge in [0.2, 0.25) is 0 Å². The molecule has 0 spiro atoms. The lowest BCUT2D eigenvalue weighted by Gasteiger charge is -2.52. The fourth-order valence-corrected chi connectivity index (χ4v) is 3.87. The number of amides is 1. The minimum Gasteiger partial charge on any atom is -0.466 e. The molecule has 0 aromatic heterocycles. The second kappa shape index (κ2) is 7.93. The summed E-state index contributed by atoms with van der Waals surface area (Å²) in [5.41, 5.74) is -0.619. The summed E-state index contributed by atoms with van der Waals surface area (Å²) in [6, 6.07) is -1.51. The Labute approximate surface area is 169 Å². The largest absolute Gasteiger partial charge is 0.466 e. The fourth-order valence-electron chi connectivity index (χ4n) is 3.87. The van der Waals surface area contributed by atoms with Gasteiger partial charge in [-0.15, -0.1) is 0 Å². The Morgan fingerprint density at radius 3 is 2.41 bits per heavy atom. The van der Waals surface area contributed by atoms with Crippen molar-refractivity contribution in [1.82, 2.24) is 4.90 Å². The van der Waals surface area contributed by atoms with Gasteiger partial charge in [0.15, 0.2) is 11.9 Å². The lowest BCUT2D eigenvalue weighted by atomic mass is 9.83. The van der Waals surface area contributed by atoms with Gasteiger partial charge in [0, 0.05) is 13.2 Å². The van der Waals surface area contributed by atoms with Crippen LogP contribution in [0.15, 0.2) is 12.2 Å². The van der Waals surface area contributed by atoms with Crippen molar-refractivity contribution < 1.29 is 43.5 Å². The van der Waals surface area contributed by atoms with Gasteiger partial charge in [0.05, 0.1) is 32.4 Å². The Balaban J connectivity index is 1.85. The van der Waals surface area contributed by atoms with Gasteiger partial charge in [-0.2, -0.15) is 0 Å². The predicted octanol–water partition coefficient (Wildman–Crippen LogP) is -1.03. The van der Waals surface area contributed by atoms with Crippen LogP contribution >= 0.6 is 0 Å². The van der Waals surface area contributed by atoms with E-state index in [1.165, 1.54) is 25.2 Å². The molecule has 3 aliphatic rings.